The van der Waals surface area contributed by atoms with E-state index < -0.39 is 6.10 Å². The highest BCUT2D eigenvalue weighted by Gasteiger charge is 2.14. The highest BCUT2D eigenvalue weighted by Crippen LogP contribution is 2.30. The SMILES string of the molecule is CCCCCCNCC(O)COc1cc(O)c2c(=O)c3ccccc3oc2c1. The maximum atomic E-state index is 12.6. The summed E-state index contributed by atoms with van der Waals surface area (Å²) in [5.74, 6) is 0.140. The molecule has 1 aromatic heterocycles. The zero-order chi connectivity index (χ0) is 19.9. The summed E-state index contributed by atoms with van der Waals surface area (Å²) in [5.41, 5.74) is 0.416. The minimum atomic E-state index is -0.673. The van der Waals surface area contributed by atoms with Crippen LogP contribution in [0.4, 0.5) is 0 Å². The molecule has 0 aliphatic rings. The van der Waals surface area contributed by atoms with Crippen molar-refractivity contribution in [3.63, 3.8) is 0 Å². The van der Waals surface area contributed by atoms with Gasteiger partial charge in [0.05, 0.1) is 5.39 Å². The average Bonchev–Trinajstić information content (AvgIpc) is 2.69. The summed E-state index contributed by atoms with van der Waals surface area (Å²) < 4.78 is 11.3. The fraction of sp³-hybridized carbons (Fsp3) is 0.409. The molecule has 2 aromatic carbocycles. The van der Waals surface area contributed by atoms with E-state index in [1.165, 1.54) is 25.3 Å². The van der Waals surface area contributed by atoms with E-state index in [0.29, 0.717) is 23.3 Å². The van der Waals surface area contributed by atoms with Crippen LogP contribution in [-0.4, -0.2) is 36.0 Å². The minimum absolute atomic E-state index is 0.0741. The monoisotopic (exact) mass is 385 g/mol. The van der Waals surface area contributed by atoms with Gasteiger partial charge in [-0.15, -0.1) is 0 Å². The fourth-order valence-corrected chi connectivity index (χ4v) is 3.16. The van der Waals surface area contributed by atoms with Crippen LogP contribution in [0, 0.1) is 0 Å². The van der Waals surface area contributed by atoms with E-state index in [1.807, 2.05) is 0 Å². The second-order valence-electron chi connectivity index (χ2n) is 6.97. The number of hydrogen-bond donors (Lipinski definition) is 3. The van der Waals surface area contributed by atoms with Crippen LogP contribution in [0.15, 0.2) is 45.6 Å². The van der Waals surface area contributed by atoms with Gasteiger partial charge in [-0.2, -0.15) is 0 Å². The first-order valence-corrected chi connectivity index (χ1v) is 9.80. The molecule has 0 fully saturated rings. The van der Waals surface area contributed by atoms with Crippen LogP contribution in [0.3, 0.4) is 0 Å². The van der Waals surface area contributed by atoms with Crippen LogP contribution >= 0.6 is 0 Å². The number of phenolic OH excluding ortho intramolecular Hbond substituents is 1. The Labute approximate surface area is 163 Å². The Morgan fingerprint density at radius 3 is 2.79 bits per heavy atom. The molecule has 1 unspecified atom stereocenters. The Morgan fingerprint density at radius 2 is 1.96 bits per heavy atom. The first-order valence-electron chi connectivity index (χ1n) is 9.80. The number of ether oxygens (including phenoxy) is 1. The third-order valence-corrected chi connectivity index (χ3v) is 4.66. The van der Waals surface area contributed by atoms with Gasteiger partial charge in [0.1, 0.15) is 40.8 Å². The number of hydrogen-bond acceptors (Lipinski definition) is 6. The summed E-state index contributed by atoms with van der Waals surface area (Å²) in [6.07, 6.45) is 4.03. The van der Waals surface area contributed by atoms with Gasteiger partial charge in [-0.05, 0) is 25.1 Å². The number of para-hydroxylation sites is 1. The van der Waals surface area contributed by atoms with Crippen molar-refractivity contribution in [1.82, 2.24) is 5.32 Å². The van der Waals surface area contributed by atoms with E-state index in [2.05, 4.69) is 12.2 Å². The lowest BCUT2D eigenvalue weighted by atomic mass is 10.1. The molecule has 3 rings (SSSR count). The molecule has 0 amide bonds. The Hall–Kier alpha value is -2.57. The molecule has 0 radical (unpaired) electrons. The van der Waals surface area contributed by atoms with Gasteiger partial charge in [0, 0.05) is 18.7 Å². The highest BCUT2D eigenvalue weighted by atomic mass is 16.5. The minimum Gasteiger partial charge on any atom is -0.507 e. The van der Waals surface area contributed by atoms with Crippen LogP contribution in [0.2, 0.25) is 0 Å². The van der Waals surface area contributed by atoms with Crippen molar-refractivity contribution in [1.29, 1.82) is 0 Å². The van der Waals surface area contributed by atoms with E-state index >= 15 is 0 Å². The predicted molar refractivity (Wildman–Crippen MR) is 110 cm³/mol. The number of aromatic hydroxyl groups is 1. The molecule has 6 heteroatoms. The Morgan fingerprint density at radius 1 is 1.14 bits per heavy atom. The number of unbranched alkanes of at least 4 members (excludes halogenated alkanes) is 3. The van der Waals surface area contributed by atoms with Gasteiger partial charge in [-0.1, -0.05) is 38.3 Å². The lowest BCUT2D eigenvalue weighted by Gasteiger charge is -2.14. The lowest BCUT2D eigenvalue weighted by Crippen LogP contribution is -2.32. The van der Waals surface area contributed by atoms with Crippen molar-refractivity contribution in [2.75, 3.05) is 19.7 Å². The number of fused-ring (bicyclic) bond motifs is 2. The first-order chi connectivity index (χ1) is 13.6. The Bertz CT molecular complexity index is 982. The van der Waals surface area contributed by atoms with Gasteiger partial charge < -0.3 is 24.7 Å². The zero-order valence-electron chi connectivity index (χ0n) is 16.1. The van der Waals surface area contributed by atoms with Crippen LogP contribution in [0.1, 0.15) is 32.6 Å². The second kappa shape index (κ2) is 9.57. The molecular weight excluding hydrogens is 358 g/mol. The number of aliphatic hydroxyl groups excluding tert-OH is 1. The van der Waals surface area contributed by atoms with E-state index in [4.69, 9.17) is 9.15 Å². The van der Waals surface area contributed by atoms with Crippen molar-refractivity contribution < 1.29 is 19.4 Å². The number of phenols is 1. The molecule has 28 heavy (non-hydrogen) atoms. The van der Waals surface area contributed by atoms with Crippen LogP contribution in [-0.2, 0) is 0 Å². The summed E-state index contributed by atoms with van der Waals surface area (Å²) >= 11 is 0. The number of benzene rings is 2. The van der Waals surface area contributed by atoms with Gasteiger partial charge in [-0.25, -0.2) is 0 Å². The molecule has 1 atom stereocenters. The highest BCUT2D eigenvalue weighted by molar-refractivity contribution is 5.93. The largest absolute Gasteiger partial charge is 0.507 e. The molecule has 3 N–H and O–H groups in total. The van der Waals surface area contributed by atoms with E-state index in [9.17, 15) is 15.0 Å². The Kier molecular flexibility index (Phi) is 6.90. The summed E-state index contributed by atoms with van der Waals surface area (Å²) in [6, 6.07) is 9.83. The van der Waals surface area contributed by atoms with E-state index in [1.54, 1.807) is 30.3 Å². The number of rotatable bonds is 10. The molecule has 3 aromatic rings. The molecule has 0 saturated carbocycles. The average molecular weight is 385 g/mol. The van der Waals surface area contributed by atoms with Crippen LogP contribution < -0.4 is 15.5 Å². The topological polar surface area (TPSA) is 91.9 Å². The van der Waals surface area contributed by atoms with Gasteiger partial charge in [0.25, 0.3) is 0 Å². The number of aliphatic hydroxyl groups is 1. The smallest absolute Gasteiger partial charge is 0.204 e. The third-order valence-electron chi connectivity index (χ3n) is 4.66. The first kappa shape index (κ1) is 20.2. The second-order valence-corrected chi connectivity index (χ2v) is 6.97. The molecule has 0 aliphatic carbocycles. The summed E-state index contributed by atoms with van der Waals surface area (Å²) in [7, 11) is 0. The van der Waals surface area contributed by atoms with Gasteiger partial charge in [0.15, 0.2) is 0 Å². The summed E-state index contributed by atoms with van der Waals surface area (Å²) in [4.78, 5) is 12.6. The molecule has 6 nitrogen and oxygen atoms in total. The third kappa shape index (κ3) is 4.82. The standard InChI is InChI=1S/C22H27NO5/c1-2-3-4-7-10-23-13-15(24)14-27-16-11-18(25)21-20(12-16)28-19-9-6-5-8-17(19)22(21)26/h5-6,8-9,11-12,15,23-25H,2-4,7,10,13-14H2,1H3. The van der Waals surface area contributed by atoms with Gasteiger partial charge in [0.2, 0.25) is 5.43 Å². The molecule has 1 heterocycles. The van der Waals surface area contributed by atoms with Crippen molar-refractivity contribution >= 4 is 21.9 Å². The van der Waals surface area contributed by atoms with Crippen molar-refractivity contribution in [3.8, 4) is 11.5 Å². The summed E-state index contributed by atoms with van der Waals surface area (Å²) in [5, 5.41) is 24.1. The zero-order valence-corrected chi connectivity index (χ0v) is 16.1. The summed E-state index contributed by atoms with van der Waals surface area (Å²) in [6.45, 7) is 3.55. The van der Waals surface area contributed by atoms with Crippen LogP contribution in [0.5, 0.6) is 11.5 Å². The molecule has 150 valence electrons. The predicted octanol–water partition coefficient (Wildman–Crippen LogP) is 3.56. The van der Waals surface area contributed by atoms with E-state index in [0.717, 1.165) is 13.0 Å². The Balaban J connectivity index is 1.64. The lowest BCUT2D eigenvalue weighted by molar-refractivity contribution is 0.106. The fourth-order valence-electron chi connectivity index (χ4n) is 3.16. The molecule has 0 saturated heterocycles. The van der Waals surface area contributed by atoms with Crippen molar-refractivity contribution in [2.45, 2.75) is 38.7 Å². The molecule has 0 aliphatic heterocycles. The molecule has 0 bridgehead atoms. The molecule has 0 spiro atoms. The van der Waals surface area contributed by atoms with Crippen molar-refractivity contribution in [3.05, 3.63) is 46.6 Å². The normalized spacial score (nSPS) is 12.5. The maximum Gasteiger partial charge on any atom is 0.204 e. The number of nitrogens with one attached hydrogen (secondary N) is 1. The quantitative estimate of drug-likeness (QED) is 0.365. The maximum absolute atomic E-state index is 12.6. The van der Waals surface area contributed by atoms with Crippen LogP contribution in [0.25, 0.3) is 21.9 Å². The van der Waals surface area contributed by atoms with Crippen molar-refractivity contribution in [2.24, 2.45) is 0 Å². The van der Waals surface area contributed by atoms with Gasteiger partial charge >= 0.3 is 0 Å². The molecular formula is C22H27NO5. The van der Waals surface area contributed by atoms with Gasteiger partial charge in [-0.3, -0.25) is 4.79 Å². The van der Waals surface area contributed by atoms with E-state index in [-0.39, 0.29) is 28.8 Å².